The van der Waals surface area contributed by atoms with E-state index in [2.05, 4.69) is 6.07 Å². The van der Waals surface area contributed by atoms with E-state index in [1.165, 1.54) is 95.9 Å². The molecule has 2 nitrogen and oxygen atoms in total. The first-order chi connectivity index (χ1) is 13.1. The van der Waals surface area contributed by atoms with Gasteiger partial charge in [-0.25, -0.2) is 0 Å². The van der Waals surface area contributed by atoms with Gasteiger partial charge < -0.3 is 11.5 Å². The molecule has 0 amide bonds. The molecule has 4 aliphatic rings. The molecule has 3 heteroatoms. The van der Waals surface area contributed by atoms with E-state index >= 15 is 0 Å². The summed E-state index contributed by atoms with van der Waals surface area (Å²) in [7, 11) is 0. The lowest BCUT2D eigenvalue weighted by Gasteiger charge is -2.13. The van der Waals surface area contributed by atoms with Gasteiger partial charge in [-0.2, -0.15) is 0 Å². The SMILES string of the molecule is C.Nc1c2c(c(Cl)c3c1CCC3)CCC2.Nc1c2c(cc3c1CCC3)CCC2. The highest BCUT2D eigenvalue weighted by Gasteiger charge is 2.26. The Labute approximate surface area is 174 Å². The molecule has 2 aromatic rings. The van der Waals surface area contributed by atoms with Crippen LogP contribution in [-0.2, 0) is 51.4 Å². The number of nitrogens with two attached hydrogens (primary N) is 2. The number of halogens is 1. The summed E-state index contributed by atoms with van der Waals surface area (Å²) in [5.74, 6) is 0. The number of rotatable bonds is 0. The Balaban J connectivity index is 0.000000133. The number of hydrogen-bond acceptors (Lipinski definition) is 2. The molecule has 0 unspecified atom stereocenters. The van der Waals surface area contributed by atoms with Crippen molar-refractivity contribution in [1.29, 1.82) is 0 Å². The van der Waals surface area contributed by atoms with Crippen LogP contribution in [-0.4, -0.2) is 0 Å². The maximum atomic E-state index is 6.42. The van der Waals surface area contributed by atoms with E-state index < -0.39 is 0 Å². The summed E-state index contributed by atoms with van der Waals surface area (Å²) in [6.07, 6.45) is 14.5. The standard InChI is InChI=1S/C12H14ClN.C12H15N.CH4/c13-11-7-3-1-5-9(7)12(14)10-6-2-4-8(10)11;13-12-10-5-1-3-8(10)7-9-4-2-6-11(9)12;/h1-6,14H2;7H,1-6,13H2;1H4. The monoisotopic (exact) mass is 396 g/mol. The van der Waals surface area contributed by atoms with Crippen LogP contribution < -0.4 is 11.5 Å². The zero-order valence-corrected chi connectivity index (χ0v) is 16.9. The number of benzene rings is 2. The normalized spacial score (nSPS) is 17.9. The van der Waals surface area contributed by atoms with Crippen LogP contribution in [0.3, 0.4) is 0 Å². The maximum Gasteiger partial charge on any atom is 0.0477 e. The van der Waals surface area contributed by atoms with E-state index in [0.29, 0.717) is 0 Å². The minimum absolute atomic E-state index is 0. The van der Waals surface area contributed by atoms with Crippen LogP contribution in [0.4, 0.5) is 11.4 Å². The first kappa shape index (κ1) is 19.6. The third kappa shape index (κ3) is 3.01. The highest BCUT2D eigenvalue weighted by atomic mass is 35.5. The van der Waals surface area contributed by atoms with Crippen LogP contribution in [0.25, 0.3) is 0 Å². The Morgan fingerprint density at radius 3 is 1.39 bits per heavy atom. The number of hydrogen-bond donors (Lipinski definition) is 2. The van der Waals surface area contributed by atoms with Crippen LogP contribution in [0.15, 0.2) is 6.07 Å². The lowest BCUT2D eigenvalue weighted by molar-refractivity contribution is 0.898. The average Bonchev–Trinajstić information content (AvgIpc) is 3.46. The summed E-state index contributed by atoms with van der Waals surface area (Å²) in [5.41, 5.74) is 26.0. The summed E-state index contributed by atoms with van der Waals surface area (Å²) < 4.78 is 0. The third-order valence-electron chi connectivity index (χ3n) is 7.14. The van der Waals surface area contributed by atoms with Gasteiger partial charge in [0.2, 0.25) is 0 Å². The first-order valence-electron chi connectivity index (χ1n) is 10.7. The molecule has 0 fully saturated rings. The minimum Gasteiger partial charge on any atom is -0.398 e. The van der Waals surface area contributed by atoms with Gasteiger partial charge in [0.1, 0.15) is 0 Å². The van der Waals surface area contributed by atoms with Crippen molar-refractivity contribution in [3.05, 3.63) is 55.6 Å². The largest absolute Gasteiger partial charge is 0.398 e. The van der Waals surface area contributed by atoms with Gasteiger partial charge in [-0.3, -0.25) is 0 Å². The fourth-order valence-electron chi connectivity index (χ4n) is 5.79. The molecular weight excluding hydrogens is 364 g/mol. The number of nitrogen functional groups attached to an aromatic ring is 2. The fraction of sp³-hybridized carbons (Fsp3) is 0.520. The van der Waals surface area contributed by atoms with E-state index in [4.69, 9.17) is 23.1 Å². The zero-order valence-electron chi connectivity index (χ0n) is 16.1. The van der Waals surface area contributed by atoms with Gasteiger partial charge in [-0.15, -0.1) is 0 Å². The highest BCUT2D eigenvalue weighted by Crippen LogP contribution is 2.42. The Hall–Kier alpha value is -1.67. The lowest BCUT2D eigenvalue weighted by Crippen LogP contribution is -2.01. The molecule has 0 heterocycles. The summed E-state index contributed by atoms with van der Waals surface area (Å²) in [4.78, 5) is 0. The van der Waals surface area contributed by atoms with Crippen molar-refractivity contribution < 1.29 is 0 Å². The smallest absolute Gasteiger partial charge is 0.0477 e. The van der Waals surface area contributed by atoms with Crippen molar-refractivity contribution in [1.82, 2.24) is 0 Å². The molecule has 0 saturated carbocycles. The molecule has 0 atom stereocenters. The fourth-order valence-corrected chi connectivity index (χ4v) is 6.21. The summed E-state index contributed by atoms with van der Waals surface area (Å²) in [6, 6.07) is 2.42. The second-order valence-electron chi connectivity index (χ2n) is 8.62. The van der Waals surface area contributed by atoms with Crippen molar-refractivity contribution in [2.45, 2.75) is 84.5 Å². The molecule has 6 rings (SSSR count). The molecule has 2 aromatic carbocycles. The molecule has 0 aliphatic heterocycles. The number of aryl methyl sites for hydroxylation is 2. The Bertz CT molecular complexity index is 825. The van der Waals surface area contributed by atoms with Gasteiger partial charge >= 0.3 is 0 Å². The van der Waals surface area contributed by atoms with E-state index in [1.54, 1.807) is 0 Å². The Morgan fingerprint density at radius 1 is 0.536 bits per heavy atom. The predicted molar refractivity (Wildman–Crippen MR) is 122 cm³/mol. The molecule has 4 aliphatic carbocycles. The van der Waals surface area contributed by atoms with Crippen molar-refractivity contribution >= 4 is 23.0 Å². The van der Waals surface area contributed by atoms with Crippen LogP contribution >= 0.6 is 11.6 Å². The first-order valence-corrected chi connectivity index (χ1v) is 11.1. The van der Waals surface area contributed by atoms with Crippen LogP contribution in [0.2, 0.25) is 5.02 Å². The van der Waals surface area contributed by atoms with Crippen LogP contribution in [0.5, 0.6) is 0 Å². The van der Waals surface area contributed by atoms with E-state index in [-0.39, 0.29) is 7.43 Å². The zero-order chi connectivity index (χ0) is 18.5. The molecule has 28 heavy (non-hydrogen) atoms. The van der Waals surface area contributed by atoms with Crippen LogP contribution in [0.1, 0.15) is 77.6 Å². The maximum absolute atomic E-state index is 6.42. The van der Waals surface area contributed by atoms with Crippen molar-refractivity contribution in [2.24, 2.45) is 0 Å². The summed E-state index contributed by atoms with van der Waals surface area (Å²) in [6.45, 7) is 0. The summed E-state index contributed by atoms with van der Waals surface area (Å²) in [5, 5.41) is 1.04. The van der Waals surface area contributed by atoms with Crippen molar-refractivity contribution in [2.75, 3.05) is 11.5 Å². The van der Waals surface area contributed by atoms with Gasteiger partial charge in [0.15, 0.2) is 0 Å². The van der Waals surface area contributed by atoms with Crippen molar-refractivity contribution in [3.63, 3.8) is 0 Å². The molecule has 4 N–H and O–H groups in total. The topological polar surface area (TPSA) is 52.0 Å². The van der Waals surface area contributed by atoms with Gasteiger partial charge in [-0.1, -0.05) is 25.1 Å². The summed E-state index contributed by atoms with van der Waals surface area (Å²) >= 11 is 6.42. The molecule has 0 bridgehead atoms. The molecule has 0 spiro atoms. The minimum atomic E-state index is 0. The second kappa shape index (κ2) is 7.63. The van der Waals surface area contributed by atoms with E-state index in [9.17, 15) is 0 Å². The molecule has 0 radical (unpaired) electrons. The van der Waals surface area contributed by atoms with E-state index in [0.717, 1.165) is 42.1 Å². The van der Waals surface area contributed by atoms with Gasteiger partial charge in [0.05, 0.1) is 0 Å². The van der Waals surface area contributed by atoms with Gasteiger partial charge in [0.25, 0.3) is 0 Å². The quantitative estimate of drug-likeness (QED) is 0.554. The number of fused-ring (bicyclic) bond motifs is 4. The van der Waals surface area contributed by atoms with Crippen molar-refractivity contribution in [3.8, 4) is 0 Å². The molecule has 150 valence electrons. The molecule has 0 saturated heterocycles. The molecule has 0 aromatic heterocycles. The average molecular weight is 397 g/mol. The second-order valence-corrected chi connectivity index (χ2v) is 9.00. The lowest BCUT2D eigenvalue weighted by atomic mass is 9.99. The number of anilines is 2. The van der Waals surface area contributed by atoms with Gasteiger partial charge in [-0.05, 0) is 122 Å². The predicted octanol–water partition coefficient (Wildman–Crippen LogP) is 5.78. The highest BCUT2D eigenvalue weighted by molar-refractivity contribution is 6.32. The Kier molecular flexibility index (Phi) is 5.35. The van der Waals surface area contributed by atoms with Crippen LogP contribution in [0, 0.1) is 0 Å². The van der Waals surface area contributed by atoms with Gasteiger partial charge in [0, 0.05) is 16.4 Å². The van der Waals surface area contributed by atoms with E-state index in [1.807, 2.05) is 0 Å². The third-order valence-corrected chi connectivity index (χ3v) is 7.59. The molecular formula is C25H33ClN2. The Morgan fingerprint density at radius 2 is 0.893 bits per heavy atom.